The summed E-state index contributed by atoms with van der Waals surface area (Å²) in [6.45, 7) is 4.09. The fourth-order valence-electron chi connectivity index (χ4n) is 3.30. The van der Waals surface area contributed by atoms with Gasteiger partial charge in [-0.1, -0.05) is 25.6 Å². The summed E-state index contributed by atoms with van der Waals surface area (Å²) in [4.78, 5) is 44.5. The largest absolute Gasteiger partial charge is 0.368 e. The van der Waals surface area contributed by atoms with Gasteiger partial charge in [0, 0.05) is 25.8 Å². The average Bonchev–Trinajstić information content (AvgIpc) is 2.44. The van der Waals surface area contributed by atoms with E-state index in [9.17, 15) is 14.4 Å². The third-order valence-corrected chi connectivity index (χ3v) is 5.15. The minimum absolute atomic E-state index is 0.0692. The Morgan fingerprint density at radius 2 is 1.73 bits per heavy atom. The van der Waals surface area contributed by atoms with Crippen LogP contribution >= 0.6 is 11.8 Å². The molecule has 0 unspecified atom stereocenters. The van der Waals surface area contributed by atoms with Crippen LogP contribution in [-0.2, 0) is 16.0 Å². The molecule has 0 aromatic carbocycles. The van der Waals surface area contributed by atoms with Crippen molar-refractivity contribution in [2.45, 2.75) is 38.3 Å². The lowest BCUT2D eigenvalue weighted by molar-refractivity contribution is -0.147. The van der Waals surface area contributed by atoms with Crippen LogP contribution in [0.4, 0.5) is 5.82 Å². The van der Waals surface area contributed by atoms with E-state index in [0.29, 0.717) is 29.4 Å². The van der Waals surface area contributed by atoms with Crippen LogP contribution in [-0.4, -0.2) is 34.3 Å². The molecule has 7 heteroatoms. The summed E-state index contributed by atoms with van der Waals surface area (Å²) in [7, 11) is 0. The molecular weight excluding hydrogens is 302 g/mol. The van der Waals surface area contributed by atoms with Crippen molar-refractivity contribution in [3.05, 3.63) is 15.9 Å². The van der Waals surface area contributed by atoms with E-state index in [2.05, 4.69) is 15.3 Å². The SMILES string of the molecule is CSc1nc2c(c(=O)[nH]1)CC1(CN2)C(=O)CC(C)(C)CC1=O. The van der Waals surface area contributed by atoms with E-state index >= 15 is 0 Å². The lowest BCUT2D eigenvalue weighted by atomic mass is 9.60. The number of hydrogen-bond donors (Lipinski definition) is 2. The van der Waals surface area contributed by atoms with Crippen LogP contribution < -0.4 is 10.9 Å². The number of aromatic nitrogens is 2. The van der Waals surface area contributed by atoms with Crippen molar-refractivity contribution >= 4 is 29.1 Å². The summed E-state index contributed by atoms with van der Waals surface area (Å²) >= 11 is 1.34. The number of aromatic amines is 1. The van der Waals surface area contributed by atoms with Gasteiger partial charge in [-0.25, -0.2) is 4.98 Å². The Balaban J connectivity index is 2.02. The molecule has 1 saturated carbocycles. The molecule has 2 N–H and O–H groups in total. The van der Waals surface area contributed by atoms with E-state index < -0.39 is 5.41 Å². The predicted octanol–water partition coefficient (Wildman–Crippen LogP) is 1.40. The molecule has 0 radical (unpaired) electrons. The molecule has 0 saturated heterocycles. The van der Waals surface area contributed by atoms with Gasteiger partial charge in [0.15, 0.2) is 5.16 Å². The third kappa shape index (κ3) is 2.27. The second-order valence-electron chi connectivity index (χ2n) is 6.88. The normalized spacial score (nSPS) is 22.3. The Kier molecular flexibility index (Phi) is 3.43. The molecule has 1 spiro atoms. The maximum atomic E-state index is 12.6. The van der Waals surface area contributed by atoms with E-state index in [-0.39, 0.29) is 35.5 Å². The second kappa shape index (κ2) is 4.94. The number of Topliss-reactive ketones (excluding diaryl/α,β-unsaturated/α-hetero) is 2. The van der Waals surface area contributed by atoms with Crippen molar-refractivity contribution in [3.8, 4) is 0 Å². The van der Waals surface area contributed by atoms with Gasteiger partial charge in [-0.3, -0.25) is 14.4 Å². The second-order valence-corrected chi connectivity index (χ2v) is 7.67. The number of fused-ring (bicyclic) bond motifs is 1. The van der Waals surface area contributed by atoms with Gasteiger partial charge in [-0.2, -0.15) is 0 Å². The summed E-state index contributed by atoms with van der Waals surface area (Å²) in [6.07, 6.45) is 2.71. The van der Waals surface area contributed by atoms with Gasteiger partial charge in [0.1, 0.15) is 22.8 Å². The first-order valence-electron chi connectivity index (χ1n) is 7.25. The first-order chi connectivity index (χ1) is 10.3. The number of thioether (sulfide) groups is 1. The topological polar surface area (TPSA) is 91.9 Å². The Labute approximate surface area is 132 Å². The predicted molar refractivity (Wildman–Crippen MR) is 84.3 cm³/mol. The van der Waals surface area contributed by atoms with Crippen molar-refractivity contribution in [3.63, 3.8) is 0 Å². The van der Waals surface area contributed by atoms with E-state index in [1.807, 2.05) is 20.1 Å². The molecule has 0 bridgehead atoms. The van der Waals surface area contributed by atoms with Crippen LogP contribution in [0.1, 0.15) is 32.3 Å². The van der Waals surface area contributed by atoms with Crippen LogP contribution in [0.25, 0.3) is 0 Å². The summed E-state index contributed by atoms with van der Waals surface area (Å²) in [5.41, 5.74) is -1.26. The maximum Gasteiger partial charge on any atom is 0.256 e. The molecule has 0 amide bonds. The molecule has 22 heavy (non-hydrogen) atoms. The Morgan fingerprint density at radius 3 is 2.32 bits per heavy atom. The van der Waals surface area contributed by atoms with Crippen LogP contribution in [0.5, 0.6) is 0 Å². The standard InChI is InChI=1S/C15H19N3O3S/c1-14(2)5-9(19)15(10(20)6-14)4-8-11(16-7-15)17-13(22-3)18-12(8)21/h4-7H2,1-3H3,(H2,16,17,18,21). The average molecular weight is 321 g/mol. The number of carbonyl (C=O) groups excluding carboxylic acids is 2. The quantitative estimate of drug-likeness (QED) is 0.461. The van der Waals surface area contributed by atoms with Gasteiger partial charge < -0.3 is 10.3 Å². The highest BCUT2D eigenvalue weighted by Gasteiger charge is 2.53. The highest BCUT2D eigenvalue weighted by Crippen LogP contribution is 2.44. The van der Waals surface area contributed by atoms with Crippen molar-refractivity contribution in [2.75, 3.05) is 18.1 Å². The Morgan fingerprint density at radius 1 is 1.09 bits per heavy atom. The molecule has 1 aliphatic carbocycles. The van der Waals surface area contributed by atoms with Gasteiger partial charge in [-0.05, 0) is 11.7 Å². The zero-order valence-electron chi connectivity index (χ0n) is 12.9. The number of H-pyrrole nitrogens is 1. The first kappa shape index (κ1) is 15.3. The van der Waals surface area contributed by atoms with Crippen LogP contribution in [0, 0.1) is 10.8 Å². The van der Waals surface area contributed by atoms with Crippen LogP contribution in [0.15, 0.2) is 9.95 Å². The van der Waals surface area contributed by atoms with Crippen molar-refractivity contribution < 1.29 is 9.59 Å². The van der Waals surface area contributed by atoms with Gasteiger partial charge in [0.25, 0.3) is 5.56 Å². The summed E-state index contributed by atoms with van der Waals surface area (Å²) in [6, 6.07) is 0. The molecule has 1 aromatic heterocycles. The first-order valence-corrected chi connectivity index (χ1v) is 8.48. The molecular formula is C15H19N3O3S. The lowest BCUT2D eigenvalue weighted by Gasteiger charge is -2.42. The van der Waals surface area contributed by atoms with Crippen molar-refractivity contribution in [1.82, 2.24) is 9.97 Å². The lowest BCUT2D eigenvalue weighted by Crippen LogP contribution is -2.55. The molecule has 118 valence electrons. The number of nitrogens with one attached hydrogen (secondary N) is 2. The number of carbonyl (C=O) groups is 2. The molecule has 3 rings (SSSR count). The smallest absolute Gasteiger partial charge is 0.256 e. The molecule has 0 atom stereocenters. The van der Waals surface area contributed by atoms with E-state index in [0.717, 1.165) is 0 Å². The van der Waals surface area contributed by atoms with Crippen molar-refractivity contribution in [1.29, 1.82) is 0 Å². The zero-order chi connectivity index (χ0) is 16.1. The molecule has 1 fully saturated rings. The van der Waals surface area contributed by atoms with E-state index in [1.54, 1.807) is 0 Å². The van der Waals surface area contributed by atoms with Gasteiger partial charge in [-0.15, -0.1) is 0 Å². The number of hydrogen-bond acceptors (Lipinski definition) is 6. The number of rotatable bonds is 1. The van der Waals surface area contributed by atoms with Crippen LogP contribution in [0.3, 0.4) is 0 Å². The fourth-order valence-corrected chi connectivity index (χ4v) is 3.68. The summed E-state index contributed by atoms with van der Waals surface area (Å²) in [5, 5.41) is 3.56. The Hall–Kier alpha value is -1.63. The molecule has 1 aromatic rings. The van der Waals surface area contributed by atoms with E-state index in [4.69, 9.17) is 0 Å². The minimum Gasteiger partial charge on any atom is -0.368 e. The highest BCUT2D eigenvalue weighted by atomic mass is 32.2. The van der Waals surface area contributed by atoms with Gasteiger partial charge in [0.05, 0.1) is 5.56 Å². The Bertz CT molecular complexity index is 703. The number of anilines is 1. The fraction of sp³-hybridized carbons (Fsp3) is 0.600. The molecule has 1 aliphatic heterocycles. The zero-order valence-corrected chi connectivity index (χ0v) is 13.7. The van der Waals surface area contributed by atoms with E-state index in [1.165, 1.54) is 11.8 Å². The number of nitrogens with zero attached hydrogens (tertiary/aromatic N) is 1. The minimum atomic E-state index is -1.10. The van der Waals surface area contributed by atoms with Gasteiger partial charge in [0.2, 0.25) is 0 Å². The molecule has 6 nitrogen and oxygen atoms in total. The highest BCUT2D eigenvalue weighted by molar-refractivity contribution is 7.98. The van der Waals surface area contributed by atoms with Crippen molar-refractivity contribution in [2.24, 2.45) is 10.8 Å². The van der Waals surface area contributed by atoms with Crippen LogP contribution in [0.2, 0.25) is 0 Å². The number of ketones is 2. The summed E-state index contributed by atoms with van der Waals surface area (Å²) in [5.74, 6) is 0.352. The molecule has 2 aliphatic rings. The monoisotopic (exact) mass is 321 g/mol. The summed E-state index contributed by atoms with van der Waals surface area (Å²) < 4.78 is 0. The third-order valence-electron chi connectivity index (χ3n) is 4.57. The maximum absolute atomic E-state index is 12.6. The van der Waals surface area contributed by atoms with Gasteiger partial charge >= 0.3 is 0 Å². The molecule has 2 heterocycles.